The molecule has 0 spiro atoms. The molecule has 198 valence electrons. The summed E-state index contributed by atoms with van der Waals surface area (Å²) >= 11 is 7.48. The fraction of sp³-hybridized carbons (Fsp3) is 0.286. The maximum Gasteiger partial charge on any atom is 0.341 e. The van der Waals surface area contributed by atoms with Crippen LogP contribution in [0.4, 0.5) is 5.00 Å². The van der Waals surface area contributed by atoms with E-state index in [4.69, 9.17) is 21.1 Å². The number of ether oxygens (including phenoxy) is 2. The third kappa shape index (κ3) is 6.59. The summed E-state index contributed by atoms with van der Waals surface area (Å²) in [7, 11) is 0. The molecule has 1 heterocycles. The molecular formula is C28H28ClN3O5S. The van der Waals surface area contributed by atoms with Gasteiger partial charge in [0.2, 0.25) is 0 Å². The Morgan fingerprint density at radius 1 is 1.03 bits per heavy atom. The van der Waals surface area contributed by atoms with Crippen molar-refractivity contribution in [2.24, 2.45) is 5.10 Å². The molecule has 0 saturated heterocycles. The number of amides is 2. The zero-order chi connectivity index (χ0) is 27.1. The van der Waals surface area contributed by atoms with Crippen LogP contribution in [0.5, 0.6) is 5.75 Å². The SMILES string of the molecule is CCOC(=O)c1c(NC(=O)C(=O)N/N=C(\C)c2ccc(OCc3ccccc3Cl)cc2)sc2c1CCCC2. The molecule has 0 aliphatic heterocycles. The van der Waals surface area contributed by atoms with E-state index in [-0.39, 0.29) is 6.61 Å². The van der Waals surface area contributed by atoms with Crippen molar-refractivity contribution in [2.75, 3.05) is 11.9 Å². The van der Waals surface area contributed by atoms with Crippen LogP contribution in [0, 0.1) is 0 Å². The summed E-state index contributed by atoms with van der Waals surface area (Å²) in [5.74, 6) is -1.68. The maximum atomic E-state index is 12.6. The van der Waals surface area contributed by atoms with Gasteiger partial charge in [-0.05, 0) is 81.0 Å². The lowest BCUT2D eigenvalue weighted by Crippen LogP contribution is -2.33. The Balaban J connectivity index is 1.36. The van der Waals surface area contributed by atoms with Crippen LogP contribution in [0.15, 0.2) is 53.6 Å². The van der Waals surface area contributed by atoms with E-state index in [9.17, 15) is 14.4 Å². The van der Waals surface area contributed by atoms with Crippen molar-refractivity contribution in [1.82, 2.24) is 5.43 Å². The molecule has 2 aromatic carbocycles. The largest absolute Gasteiger partial charge is 0.489 e. The number of nitrogens with zero attached hydrogens (tertiary/aromatic N) is 1. The van der Waals surface area contributed by atoms with E-state index in [0.717, 1.165) is 47.3 Å². The van der Waals surface area contributed by atoms with Crippen molar-refractivity contribution in [3.63, 3.8) is 0 Å². The van der Waals surface area contributed by atoms with E-state index in [1.807, 2.05) is 24.3 Å². The highest BCUT2D eigenvalue weighted by Gasteiger charge is 2.28. The van der Waals surface area contributed by atoms with E-state index in [1.165, 1.54) is 11.3 Å². The van der Waals surface area contributed by atoms with Gasteiger partial charge in [0.05, 0.1) is 17.9 Å². The van der Waals surface area contributed by atoms with Crippen LogP contribution in [-0.2, 0) is 33.8 Å². The van der Waals surface area contributed by atoms with E-state index in [1.54, 1.807) is 38.1 Å². The number of anilines is 1. The number of esters is 1. The second kappa shape index (κ2) is 12.7. The molecule has 3 aromatic rings. The molecule has 0 bridgehead atoms. The minimum Gasteiger partial charge on any atom is -0.489 e. The predicted molar refractivity (Wildman–Crippen MR) is 148 cm³/mol. The van der Waals surface area contributed by atoms with Crippen molar-refractivity contribution >= 4 is 51.4 Å². The van der Waals surface area contributed by atoms with Crippen molar-refractivity contribution in [3.8, 4) is 5.75 Å². The Kier molecular flexibility index (Phi) is 9.15. The topological polar surface area (TPSA) is 106 Å². The van der Waals surface area contributed by atoms with Gasteiger partial charge in [-0.3, -0.25) is 9.59 Å². The fourth-order valence-electron chi connectivity index (χ4n) is 4.05. The molecule has 4 rings (SSSR count). The van der Waals surface area contributed by atoms with Gasteiger partial charge in [-0.15, -0.1) is 11.3 Å². The number of carbonyl (C=O) groups is 3. The first kappa shape index (κ1) is 27.3. The quantitative estimate of drug-likeness (QED) is 0.165. The number of nitrogens with one attached hydrogen (secondary N) is 2. The molecular weight excluding hydrogens is 526 g/mol. The summed E-state index contributed by atoms with van der Waals surface area (Å²) in [6.07, 6.45) is 3.57. The van der Waals surface area contributed by atoms with Crippen molar-refractivity contribution in [2.45, 2.75) is 46.1 Å². The lowest BCUT2D eigenvalue weighted by molar-refractivity contribution is -0.136. The Labute approximate surface area is 230 Å². The van der Waals surface area contributed by atoms with Crippen LogP contribution in [0.3, 0.4) is 0 Å². The molecule has 10 heteroatoms. The highest BCUT2D eigenvalue weighted by molar-refractivity contribution is 7.17. The summed E-state index contributed by atoms with van der Waals surface area (Å²) in [5.41, 5.74) is 5.67. The van der Waals surface area contributed by atoms with Gasteiger partial charge in [-0.1, -0.05) is 29.8 Å². The Morgan fingerprint density at radius 2 is 1.76 bits per heavy atom. The summed E-state index contributed by atoms with van der Waals surface area (Å²) in [6.45, 7) is 4.00. The number of hydrazone groups is 1. The minimum absolute atomic E-state index is 0.222. The number of hydrogen-bond acceptors (Lipinski definition) is 7. The molecule has 1 aliphatic carbocycles. The van der Waals surface area contributed by atoms with Gasteiger partial charge in [0, 0.05) is 15.5 Å². The Bertz CT molecular complexity index is 1370. The first-order chi connectivity index (χ1) is 18.4. The van der Waals surface area contributed by atoms with Crippen molar-refractivity contribution in [3.05, 3.63) is 80.7 Å². The predicted octanol–water partition coefficient (Wildman–Crippen LogP) is 5.51. The number of fused-ring (bicyclic) bond motifs is 1. The standard InChI is InChI=1S/C28H28ClN3O5S/c1-3-36-28(35)24-21-9-5-7-11-23(21)38-27(24)30-25(33)26(34)32-31-17(2)18-12-14-20(15-13-18)37-16-19-8-4-6-10-22(19)29/h4,6,8,10,12-15H,3,5,7,9,11,16H2,1-2H3,(H,30,33)(H,32,34)/b31-17+. The van der Waals surface area contributed by atoms with E-state index >= 15 is 0 Å². The summed E-state index contributed by atoms with van der Waals surface area (Å²) in [5, 5.41) is 7.61. The van der Waals surface area contributed by atoms with Crippen molar-refractivity contribution in [1.29, 1.82) is 0 Å². The van der Waals surface area contributed by atoms with E-state index in [0.29, 0.717) is 33.7 Å². The van der Waals surface area contributed by atoms with Gasteiger partial charge in [0.15, 0.2) is 0 Å². The van der Waals surface area contributed by atoms with Crippen LogP contribution in [0.25, 0.3) is 0 Å². The van der Waals surface area contributed by atoms with Crippen LogP contribution in [0.1, 0.15) is 58.6 Å². The summed E-state index contributed by atoms with van der Waals surface area (Å²) in [6, 6.07) is 14.6. The lowest BCUT2D eigenvalue weighted by Gasteiger charge is -2.12. The second-order valence-electron chi connectivity index (χ2n) is 8.63. The van der Waals surface area contributed by atoms with Gasteiger partial charge < -0.3 is 14.8 Å². The number of benzene rings is 2. The smallest absolute Gasteiger partial charge is 0.341 e. The number of carbonyl (C=O) groups excluding carboxylic acids is 3. The monoisotopic (exact) mass is 553 g/mol. The fourth-order valence-corrected chi connectivity index (χ4v) is 5.51. The molecule has 0 unspecified atom stereocenters. The molecule has 38 heavy (non-hydrogen) atoms. The van der Waals surface area contributed by atoms with Crippen LogP contribution in [-0.4, -0.2) is 30.1 Å². The number of hydrogen-bond donors (Lipinski definition) is 2. The number of thiophene rings is 1. The summed E-state index contributed by atoms with van der Waals surface area (Å²) in [4.78, 5) is 38.7. The maximum absolute atomic E-state index is 12.6. The van der Waals surface area contributed by atoms with Gasteiger partial charge in [0.1, 0.15) is 17.4 Å². The van der Waals surface area contributed by atoms with Gasteiger partial charge in [-0.25, -0.2) is 10.2 Å². The number of aryl methyl sites for hydroxylation is 1. The highest BCUT2D eigenvalue weighted by Crippen LogP contribution is 2.38. The summed E-state index contributed by atoms with van der Waals surface area (Å²) < 4.78 is 11.0. The van der Waals surface area contributed by atoms with Gasteiger partial charge >= 0.3 is 17.8 Å². The van der Waals surface area contributed by atoms with Crippen LogP contribution >= 0.6 is 22.9 Å². The Hall–Kier alpha value is -3.69. The lowest BCUT2D eigenvalue weighted by atomic mass is 9.95. The van der Waals surface area contributed by atoms with E-state index < -0.39 is 17.8 Å². The number of rotatable bonds is 8. The van der Waals surface area contributed by atoms with Crippen molar-refractivity contribution < 1.29 is 23.9 Å². The zero-order valence-electron chi connectivity index (χ0n) is 21.1. The first-order valence-corrected chi connectivity index (χ1v) is 13.5. The third-order valence-electron chi connectivity index (χ3n) is 6.03. The third-order valence-corrected chi connectivity index (χ3v) is 7.61. The molecule has 2 N–H and O–H groups in total. The van der Waals surface area contributed by atoms with Crippen LogP contribution < -0.4 is 15.5 Å². The van der Waals surface area contributed by atoms with Gasteiger partial charge in [-0.2, -0.15) is 5.10 Å². The average Bonchev–Trinajstić information content (AvgIpc) is 3.29. The molecule has 1 aromatic heterocycles. The molecule has 0 atom stereocenters. The molecule has 1 aliphatic rings. The molecule has 0 saturated carbocycles. The normalized spacial score (nSPS) is 12.9. The number of halogens is 1. The first-order valence-electron chi connectivity index (χ1n) is 12.3. The average molecular weight is 554 g/mol. The molecule has 0 fully saturated rings. The zero-order valence-corrected chi connectivity index (χ0v) is 22.7. The molecule has 2 amide bonds. The van der Waals surface area contributed by atoms with Gasteiger partial charge in [0.25, 0.3) is 0 Å². The second-order valence-corrected chi connectivity index (χ2v) is 10.1. The van der Waals surface area contributed by atoms with Crippen LogP contribution in [0.2, 0.25) is 5.02 Å². The molecule has 0 radical (unpaired) electrons. The highest BCUT2D eigenvalue weighted by atomic mass is 35.5. The Morgan fingerprint density at radius 3 is 2.50 bits per heavy atom. The van der Waals surface area contributed by atoms with E-state index in [2.05, 4.69) is 15.8 Å². The minimum atomic E-state index is -0.940. The molecule has 8 nitrogen and oxygen atoms in total.